The van der Waals surface area contributed by atoms with Gasteiger partial charge in [-0.2, -0.15) is 0 Å². The quantitative estimate of drug-likeness (QED) is 0.833. The Morgan fingerprint density at radius 1 is 1.43 bits per heavy atom. The molecule has 1 aliphatic carbocycles. The van der Waals surface area contributed by atoms with E-state index in [1.165, 1.54) is 42.1 Å². The standard InChI is InChI=1S/C10H17N3S/c1-8-2-4-9(5-3-8)11-6-10-7-12-13-14-10/h7-9,11H,2-6H2,1H3. The molecule has 1 aliphatic rings. The zero-order valence-corrected chi connectivity index (χ0v) is 9.39. The molecule has 0 amide bonds. The van der Waals surface area contributed by atoms with E-state index in [1.807, 2.05) is 6.20 Å². The summed E-state index contributed by atoms with van der Waals surface area (Å²) in [6, 6.07) is 0.716. The fourth-order valence-electron chi connectivity index (χ4n) is 1.97. The van der Waals surface area contributed by atoms with Gasteiger partial charge in [-0.25, -0.2) is 0 Å². The lowest BCUT2D eigenvalue weighted by molar-refractivity contribution is 0.307. The van der Waals surface area contributed by atoms with Gasteiger partial charge in [0, 0.05) is 12.6 Å². The maximum Gasteiger partial charge on any atom is 0.0666 e. The van der Waals surface area contributed by atoms with Crippen molar-refractivity contribution in [2.45, 2.75) is 45.2 Å². The van der Waals surface area contributed by atoms with Crippen LogP contribution in [0.25, 0.3) is 0 Å². The molecule has 0 aromatic carbocycles. The fourth-order valence-corrected chi connectivity index (χ4v) is 2.42. The first-order chi connectivity index (χ1) is 6.84. The first-order valence-electron chi connectivity index (χ1n) is 5.34. The van der Waals surface area contributed by atoms with E-state index in [9.17, 15) is 0 Å². The molecule has 1 N–H and O–H groups in total. The monoisotopic (exact) mass is 211 g/mol. The summed E-state index contributed by atoms with van der Waals surface area (Å²) in [4.78, 5) is 1.24. The number of nitrogens with one attached hydrogen (secondary N) is 1. The van der Waals surface area contributed by atoms with Gasteiger partial charge in [0.1, 0.15) is 0 Å². The molecule has 0 saturated heterocycles. The molecule has 1 fully saturated rings. The third-order valence-corrected chi connectivity index (χ3v) is 3.65. The molecule has 14 heavy (non-hydrogen) atoms. The molecule has 1 aromatic heterocycles. The van der Waals surface area contributed by atoms with Gasteiger partial charge in [-0.1, -0.05) is 11.4 Å². The summed E-state index contributed by atoms with van der Waals surface area (Å²) >= 11 is 1.49. The second-order valence-electron chi connectivity index (χ2n) is 4.22. The maximum absolute atomic E-state index is 3.85. The minimum absolute atomic E-state index is 0.716. The average Bonchev–Trinajstić information content (AvgIpc) is 2.70. The van der Waals surface area contributed by atoms with Crippen LogP contribution in [0.2, 0.25) is 0 Å². The topological polar surface area (TPSA) is 37.8 Å². The Bertz CT molecular complexity index is 252. The number of rotatable bonds is 3. The summed E-state index contributed by atoms with van der Waals surface area (Å²) in [5, 5.41) is 7.40. The van der Waals surface area contributed by atoms with Gasteiger partial charge in [-0.15, -0.1) is 5.10 Å². The van der Waals surface area contributed by atoms with Crippen LogP contribution in [0.5, 0.6) is 0 Å². The summed E-state index contributed by atoms with van der Waals surface area (Å²) in [5.74, 6) is 0.929. The Morgan fingerprint density at radius 3 is 2.86 bits per heavy atom. The van der Waals surface area contributed by atoms with Crippen LogP contribution in [0.4, 0.5) is 0 Å². The average molecular weight is 211 g/mol. The SMILES string of the molecule is CC1CCC(NCc2cnns2)CC1. The molecular formula is C10H17N3S. The number of hydrogen-bond acceptors (Lipinski definition) is 4. The molecule has 0 unspecified atom stereocenters. The van der Waals surface area contributed by atoms with E-state index in [2.05, 4.69) is 21.8 Å². The van der Waals surface area contributed by atoms with Crippen molar-refractivity contribution in [2.75, 3.05) is 0 Å². The zero-order valence-electron chi connectivity index (χ0n) is 8.57. The molecule has 0 bridgehead atoms. The van der Waals surface area contributed by atoms with Crippen LogP contribution in [0.15, 0.2) is 6.20 Å². The van der Waals surface area contributed by atoms with Gasteiger partial charge in [0.25, 0.3) is 0 Å². The van der Waals surface area contributed by atoms with Crippen molar-refractivity contribution in [2.24, 2.45) is 5.92 Å². The predicted molar refractivity (Wildman–Crippen MR) is 58.2 cm³/mol. The molecule has 3 nitrogen and oxygen atoms in total. The van der Waals surface area contributed by atoms with Gasteiger partial charge in [0.2, 0.25) is 0 Å². The summed E-state index contributed by atoms with van der Waals surface area (Å²) in [6.07, 6.45) is 7.25. The number of aromatic nitrogens is 2. The Balaban J connectivity index is 1.71. The van der Waals surface area contributed by atoms with E-state index < -0.39 is 0 Å². The molecule has 0 spiro atoms. The maximum atomic E-state index is 3.85. The first kappa shape index (κ1) is 10.1. The lowest BCUT2D eigenvalue weighted by Gasteiger charge is -2.26. The predicted octanol–water partition coefficient (Wildman–Crippen LogP) is 2.21. The highest BCUT2D eigenvalue weighted by atomic mass is 32.1. The number of nitrogens with zero attached hydrogens (tertiary/aromatic N) is 2. The summed E-state index contributed by atoms with van der Waals surface area (Å²) in [5.41, 5.74) is 0. The Labute approximate surface area is 89.1 Å². The molecule has 1 heterocycles. The normalized spacial score (nSPS) is 27.8. The molecule has 2 rings (SSSR count). The Kier molecular flexibility index (Phi) is 3.48. The van der Waals surface area contributed by atoms with Gasteiger partial charge in [0.15, 0.2) is 0 Å². The van der Waals surface area contributed by atoms with E-state index >= 15 is 0 Å². The summed E-state index contributed by atoms with van der Waals surface area (Å²) < 4.78 is 3.85. The minimum Gasteiger partial charge on any atom is -0.309 e. The lowest BCUT2D eigenvalue weighted by Crippen LogP contribution is -2.31. The Morgan fingerprint density at radius 2 is 2.21 bits per heavy atom. The molecule has 1 aromatic rings. The van der Waals surface area contributed by atoms with E-state index in [0.717, 1.165) is 12.5 Å². The highest BCUT2D eigenvalue weighted by Crippen LogP contribution is 2.23. The summed E-state index contributed by atoms with van der Waals surface area (Å²) in [7, 11) is 0. The highest BCUT2D eigenvalue weighted by molar-refractivity contribution is 7.05. The second-order valence-corrected chi connectivity index (χ2v) is 5.09. The molecular weight excluding hydrogens is 194 g/mol. The van der Waals surface area contributed by atoms with E-state index in [4.69, 9.17) is 0 Å². The number of hydrogen-bond donors (Lipinski definition) is 1. The van der Waals surface area contributed by atoms with E-state index in [1.54, 1.807) is 0 Å². The molecule has 0 radical (unpaired) electrons. The van der Waals surface area contributed by atoms with Crippen molar-refractivity contribution < 1.29 is 0 Å². The van der Waals surface area contributed by atoms with Gasteiger partial charge in [0.05, 0.1) is 11.1 Å². The molecule has 78 valence electrons. The van der Waals surface area contributed by atoms with Gasteiger partial charge < -0.3 is 5.32 Å². The van der Waals surface area contributed by atoms with Crippen LogP contribution in [-0.2, 0) is 6.54 Å². The third-order valence-electron chi connectivity index (χ3n) is 2.99. The van der Waals surface area contributed by atoms with Crippen molar-refractivity contribution >= 4 is 11.5 Å². The van der Waals surface area contributed by atoms with Crippen LogP contribution in [-0.4, -0.2) is 15.6 Å². The van der Waals surface area contributed by atoms with Crippen molar-refractivity contribution in [3.8, 4) is 0 Å². The van der Waals surface area contributed by atoms with Crippen molar-refractivity contribution in [1.82, 2.24) is 14.9 Å². The van der Waals surface area contributed by atoms with Crippen LogP contribution in [0.3, 0.4) is 0 Å². The second kappa shape index (κ2) is 4.84. The van der Waals surface area contributed by atoms with Crippen LogP contribution >= 0.6 is 11.5 Å². The van der Waals surface area contributed by atoms with Gasteiger partial charge in [-0.05, 0) is 43.1 Å². The fraction of sp³-hybridized carbons (Fsp3) is 0.800. The van der Waals surface area contributed by atoms with Crippen molar-refractivity contribution in [3.05, 3.63) is 11.1 Å². The van der Waals surface area contributed by atoms with E-state index in [0.29, 0.717) is 6.04 Å². The van der Waals surface area contributed by atoms with E-state index in [-0.39, 0.29) is 0 Å². The van der Waals surface area contributed by atoms with Gasteiger partial charge >= 0.3 is 0 Å². The van der Waals surface area contributed by atoms with Crippen LogP contribution < -0.4 is 5.32 Å². The highest BCUT2D eigenvalue weighted by Gasteiger charge is 2.17. The van der Waals surface area contributed by atoms with Gasteiger partial charge in [-0.3, -0.25) is 0 Å². The molecule has 0 atom stereocenters. The smallest absolute Gasteiger partial charge is 0.0666 e. The largest absolute Gasteiger partial charge is 0.309 e. The van der Waals surface area contributed by atoms with Crippen molar-refractivity contribution in [3.63, 3.8) is 0 Å². The zero-order chi connectivity index (χ0) is 9.80. The summed E-state index contributed by atoms with van der Waals surface area (Å²) in [6.45, 7) is 3.29. The third kappa shape index (κ3) is 2.75. The molecule has 1 saturated carbocycles. The van der Waals surface area contributed by atoms with Crippen LogP contribution in [0, 0.1) is 5.92 Å². The Hall–Kier alpha value is -0.480. The first-order valence-corrected chi connectivity index (χ1v) is 6.11. The van der Waals surface area contributed by atoms with Crippen molar-refractivity contribution in [1.29, 1.82) is 0 Å². The molecule has 0 aliphatic heterocycles. The lowest BCUT2D eigenvalue weighted by atomic mass is 9.87. The minimum atomic E-state index is 0.716. The molecule has 4 heteroatoms. The van der Waals surface area contributed by atoms with Crippen LogP contribution in [0.1, 0.15) is 37.5 Å².